The van der Waals surface area contributed by atoms with Crippen molar-refractivity contribution in [3.8, 4) is 5.75 Å². The SMILES string of the molecule is NC1CCS(=O)(=O)CC1c1ccc(O)cc1. The Balaban J connectivity index is 2.28. The van der Waals surface area contributed by atoms with Gasteiger partial charge in [-0.3, -0.25) is 0 Å². The first kappa shape index (κ1) is 11.4. The molecular formula is C11H15NO3S. The van der Waals surface area contributed by atoms with E-state index in [1.54, 1.807) is 24.3 Å². The van der Waals surface area contributed by atoms with Crippen molar-refractivity contribution in [2.45, 2.75) is 18.4 Å². The zero-order chi connectivity index (χ0) is 11.8. The molecule has 1 aromatic rings. The van der Waals surface area contributed by atoms with Gasteiger partial charge >= 0.3 is 0 Å². The van der Waals surface area contributed by atoms with Crippen molar-refractivity contribution in [3.63, 3.8) is 0 Å². The number of phenolic OH excluding ortho intramolecular Hbond substituents is 1. The normalized spacial score (nSPS) is 28.8. The third kappa shape index (κ3) is 2.36. The van der Waals surface area contributed by atoms with Crippen LogP contribution in [-0.4, -0.2) is 31.1 Å². The summed E-state index contributed by atoms with van der Waals surface area (Å²) in [5, 5.41) is 9.17. The Bertz CT molecular complexity index is 467. The van der Waals surface area contributed by atoms with Crippen LogP contribution in [0.25, 0.3) is 0 Å². The zero-order valence-corrected chi connectivity index (χ0v) is 9.65. The lowest BCUT2D eigenvalue weighted by Gasteiger charge is -2.28. The van der Waals surface area contributed by atoms with E-state index >= 15 is 0 Å². The molecule has 1 fully saturated rings. The Morgan fingerprint density at radius 1 is 1.25 bits per heavy atom. The molecule has 0 spiro atoms. The summed E-state index contributed by atoms with van der Waals surface area (Å²) in [4.78, 5) is 0. The van der Waals surface area contributed by atoms with Gasteiger partial charge in [0, 0.05) is 12.0 Å². The molecule has 1 aliphatic rings. The molecule has 0 aromatic heterocycles. The fraction of sp³-hybridized carbons (Fsp3) is 0.455. The first-order chi connectivity index (χ1) is 7.48. The quantitative estimate of drug-likeness (QED) is 0.755. The summed E-state index contributed by atoms with van der Waals surface area (Å²) < 4.78 is 23.1. The van der Waals surface area contributed by atoms with E-state index in [4.69, 9.17) is 5.73 Å². The van der Waals surface area contributed by atoms with E-state index in [1.165, 1.54) is 0 Å². The van der Waals surface area contributed by atoms with Gasteiger partial charge in [0.25, 0.3) is 0 Å². The van der Waals surface area contributed by atoms with Gasteiger partial charge in [0.1, 0.15) is 5.75 Å². The third-order valence-corrected chi connectivity index (χ3v) is 4.76. The fourth-order valence-electron chi connectivity index (χ4n) is 2.06. The molecule has 0 amide bonds. The molecule has 0 bridgehead atoms. The maximum absolute atomic E-state index is 11.5. The zero-order valence-electron chi connectivity index (χ0n) is 8.83. The first-order valence-electron chi connectivity index (χ1n) is 5.23. The predicted molar refractivity (Wildman–Crippen MR) is 62.1 cm³/mol. The maximum Gasteiger partial charge on any atom is 0.151 e. The molecule has 0 radical (unpaired) electrons. The van der Waals surface area contributed by atoms with Gasteiger partial charge in [-0.15, -0.1) is 0 Å². The molecule has 2 atom stereocenters. The predicted octanol–water partition coefficient (Wildman–Crippen LogP) is 0.622. The molecule has 16 heavy (non-hydrogen) atoms. The van der Waals surface area contributed by atoms with Gasteiger partial charge in [-0.25, -0.2) is 8.42 Å². The monoisotopic (exact) mass is 241 g/mol. The second-order valence-electron chi connectivity index (χ2n) is 4.26. The molecule has 5 heteroatoms. The van der Waals surface area contributed by atoms with Gasteiger partial charge in [-0.05, 0) is 24.1 Å². The van der Waals surface area contributed by atoms with Crippen molar-refractivity contribution in [2.75, 3.05) is 11.5 Å². The Kier molecular flexibility index (Phi) is 2.90. The van der Waals surface area contributed by atoms with Crippen LogP contribution in [0.15, 0.2) is 24.3 Å². The van der Waals surface area contributed by atoms with Crippen molar-refractivity contribution in [1.82, 2.24) is 0 Å². The summed E-state index contributed by atoms with van der Waals surface area (Å²) in [6, 6.07) is 6.47. The highest BCUT2D eigenvalue weighted by atomic mass is 32.2. The Hall–Kier alpha value is -1.07. The van der Waals surface area contributed by atoms with Gasteiger partial charge in [0.15, 0.2) is 9.84 Å². The second-order valence-corrected chi connectivity index (χ2v) is 6.49. The minimum absolute atomic E-state index is 0.110. The smallest absolute Gasteiger partial charge is 0.151 e. The topological polar surface area (TPSA) is 80.4 Å². The van der Waals surface area contributed by atoms with Crippen LogP contribution in [0.5, 0.6) is 5.75 Å². The second kappa shape index (κ2) is 4.07. The molecular weight excluding hydrogens is 226 g/mol. The summed E-state index contributed by atoms with van der Waals surface area (Å²) in [7, 11) is -2.97. The van der Waals surface area contributed by atoms with E-state index < -0.39 is 9.84 Å². The molecule has 3 N–H and O–H groups in total. The van der Waals surface area contributed by atoms with Gasteiger partial charge in [0.05, 0.1) is 11.5 Å². The van der Waals surface area contributed by atoms with Crippen molar-refractivity contribution >= 4 is 9.84 Å². The van der Waals surface area contributed by atoms with Crippen LogP contribution in [-0.2, 0) is 9.84 Å². The van der Waals surface area contributed by atoms with Crippen molar-refractivity contribution in [3.05, 3.63) is 29.8 Å². The van der Waals surface area contributed by atoms with Gasteiger partial charge < -0.3 is 10.8 Å². The van der Waals surface area contributed by atoms with Crippen LogP contribution in [0, 0.1) is 0 Å². The number of hydrogen-bond donors (Lipinski definition) is 2. The number of rotatable bonds is 1. The molecule has 1 heterocycles. The van der Waals surface area contributed by atoms with E-state index in [-0.39, 0.29) is 29.2 Å². The molecule has 88 valence electrons. The largest absolute Gasteiger partial charge is 0.508 e. The molecule has 1 aromatic carbocycles. The number of benzene rings is 1. The summed E-state index contributed by atoms with van der Waals surface area (Å²) in [5.74, 6) is 0.317. The van der Waals surface area contributed by atoms with Gasteiger partial charge in [0.2, 0.25) is 0 Å². The van der Waals surface area contributed by atoms with Crippen LogP contribution < -0.4 is 5.73 Å². The molecule has 0 saturated carbocycles. The van der Waals surface area contributed by atoms with E-state index in [2.05, 4.69) is 0 Å². The Morgan fingerprint density at radius 3 is 2.50 bits per heavy atom. The van der Waals surface area contributed by atoms with E-state index in [9.17, 15) is 13.5 Å². The Morgan fingerprint density at radius 2 is 1.88 bits per heavy atom. The number of nitrogens with two attached hydrogens (primary N) is 1. The average Bonchev–Trinajstić information content (AvgIpc) is 2.23. The molecule has 0 aliphatic carbocycles. The van der Waals surface area contributed by atoms with Crippen LogP contribution in [0.2, 0.25) is 0 Å². The molecule has 1 aliphatic heterocycles. The van der Waals surface area contributed by atoms with Crippen molar-refractivity contribution in [2.24, 2.45) is 5.73 Å². The number of sulfone groups is 1. The van der Waals surface area contributed by atoms with Crippen molar-refractivity contribution in [1.29, 1.82) is 0 Å². The minimum atomic E-state index is -2.97. The van der Waals surface area contributed by atoms with E-state index in [1.807, 2.05) is 0 Å². The lowest BCUT2D eigenvalue weighted by molar-refractivity contribution is 0.473. The minimum Gasteiger partial charge on any atom is -0.508 e. The number of hydrogen-bond acceptors (Lipinski definition) is 4. The van der Waals surface area contributed by atoms with Gasteiger partial charge in [-0.1, -0.05) is 12.1 Å². The maximum atomic E-state index is 11.5. The van der Waals surface area contributed by atoms with E-state index in [0.717, 1.165) is 5.56 Å². The molecule has 1 saturated heterocycles. The third-order valence-electron chi connectivity index (χ3n) is 3.03. The average molecular weight is 241 g/mol. The number of phenols is 1. The van der Waals surface area contributed by atoms with Gasteiger partial charge in [-0.2, -0.15) is 0 Å². The van der Waals surface area contributed by atoms with Crippen LogP contribution in [0.4, 0.5) is 0 Å². The highest BCUT2D eigenvalue weighted by molar-refractivity contribution is 7.91. The van der Waals surface area contributed by atoms with Crippen LogP contribution >= 0.6 is 0 Å². The lowest BCUT2D eigenvalue weighted by atomic mass is 9.92. The fourth-order valence-corrected chi connectivity index (χ4v) is 3.85. The summed E-state index contributed by atoms with van der Waals surface area (Å²) >= 11 is 0. The molecule has 4 nitrogen and oxygen atoms in total. The molecule has 2 unspecified atom stereocenters. The first-order valence-corrected chi connectivity index (χ1v) is 7.05. The summed E-state index contributed by atoms with van der Waals surface area (Å²) in [5.41, 5.74) is 6.83. The summed E-state index contributed by atoms with van der Waals surface area (Å²) in [6.45, 7) is 0. The van der Waals surface area contributed by atoms with Crippen LogP contribution in [0.3, 0.4) is 0 Å². The summed E-state index contributed by atoms with van der Waals surface area (Å²) in [6.07, 6.45) is 0.508. The highest BCUT2D eigenvalue weighted by Crippen LogP contribution is 2.28. The Labute approximate surface area is 95.0 Å². The number of aromatic hydroxyl groups is 1. The standard InChI is InChI=1S/C11H15NO3S/c12-11-5-6-16(14,15)7-10(11)8-1-3-9(13)4-2-8/h1-4,10-11,13H,5-7,12H2. The lowest BCUT2D eigenvalue weighted by Crippen LogP contribution is -2.40. The van der Waals surface area contributed by atoms with Crippen molar-refractivity contribution < 1.29 is 13.5 Å². The molecule has 2 rings (SSSR count). The van der Waals surface area contributed by atoms with Crippen LogP contribution in [0.1, 0.15) is 17.9 Å². The van der Waals surface area contributed by atoms with E-state index in [0.29, 0.717) is 6.42 Å². The highest BCUT2D eigenvalue weighted by Gasteiger charge is 2.31.